The summed E-state index contributed by atoms with van der Waals surface area (Å²) in [6, 6.07) is 18.6. The molecule has 1 fully saturated rings. The number of nitrogens with zero attached hydrogens (tertiary/aromatic N) is 3. The molecule has 0 aliphatic heterocycles. The number of benzene rings is 2. The number of hydrogen-bond donors (Lipinski definition) is 2. The summed E-state index contributed by atoms with van der Waals surface area (Å²) < 4.78 is 0. The van der Waals surface area contributed by atoms with Crippen LogP contribution in [0.4, 0.5) is 23.1 Å². The van der Waals surface area contributed by atoms with Crippen molar-refractivity contribution in [3.05, 3.63) is 70.8 Å². The molecule has 148 valence electrons. The van der Waals surface area contributed by atoms with Crippen molar-refractivity contribution in [3.8, 4) is 11.3 Å². The lowest BCUT2D eigenvalue weighted by molar-refractivity contribution is -0.384. The third-order valence-corrected chi connectivity index (χ3v) is 5.08. The van der Waals surface area contributed by atoms with E-state index in [4.69, 9.17) is 4.98 Å². The Morgan fingerprint density at radius 2 is 1.66 bits per heavy atom. The zero-order valence-corrected chi connectivity index (χ0v) is 16.0. The summed E-state index contributed by atoms with van der Waals surface area (Å²) in [5.41, 5.74) is 2.62. The predicted molar refractivity (Wildman–Crippen MR) is 114 cm³/mol. The number of anilines is 3. The minimum absolute atomic E-state index is 0.0582. The second-order valence-electron chi connectivity index (χ2n) is 7.24. The van der Waals surface area contributed by atoms with Gasteiger partial charge in [0.1, 0.15) is 5.82 Å². The Hall–Kier alpha value is -3.48. The van der Waals surface area contributed by atoms with Crippen molar-refractivity contribution in [1.29, 1.82) is 0 Å². The van der Waals surface area contributed by atoms with E-state index in [-0.39, 0.29) is 5.69 Å². The van der Waals surface area contributed by atoms with Gasteiger partial charge in [0.05, 0.1) is 10.6 Å². The minimum atomic E-state index is -0.409. The maximum absolute atomic E-state index is 10.9. The molecule has 2 N–H and O–H groups in total. The highest BCUT2D eigenvalue weighted by atomic mass is 16.6. The van der Waals surface area contributed by atoms with Crippen molar-refractivity contribution >= 4 is 23.1 Å². The van der Waals surface area contributed by atoms with Gasteiger partial charge in [-0.15, -0.1) is 0 Å². The lowest BCUT2D eigenvalue weighted by atomic mass is 9.96. The first-order chi connectivity index (χ1) is 14.2. The largest absolute Gasteiger partial charge is 0.351 e. The van der Waals surface area contributed by atoms with E-state index >= 15 is 0 Å². The van der Waals surface area contributed by atoms with E-state index in [1.54, 1.807) is 12.1 Å². The Kier molecular flexibility index (Phi) is 5.65. The SMILES string of the molecule is O=[N+]([O-])c1ccc(Nc2cc(-c3ccccc3)nc(NC3CCCCC3)n2)cc1. The van der Waals surface area contributed by atoms with Gasteiger partial charge in [0.15, 0.2) is 0 Å². The number of aromatic nitrogens is 2. The van der Waals surface area contributed by atoms with Crippen LogP contribution >= 0.6 is 0 Å². The van der Waals surface area contributed by atoms with Crippen LogP contribution in [-0.2, 0) is 0 Å². The second-order valence-corrected chi connectivity index (χ2v) is 7.24. The molecule has 1 saturated carbocycles. The molecule has 0 amide bonds. The first-order valence-corrected chi connectivity index (χ1v) is 9.90. The van der Waals surface area contributed by atoms with Gasteiger partial charge in [0.25, 0.3) is 5.69 Å². The highest BCUT2D eigenvalue weighted by Crippen LogP contribution is 2.26. The van der Waals surface area contributed by atoms with Gasteiger partial charge in [0.2, 0.25) is 5.95 Å². The lowest BCUT2D eigenvalue weighted by Crippen LogP contribution is -2.23. The molecule has 1 aliphatic carbocycles. The number of rotatable bonds is 6. The molecule has 2 aromatic carbocycles. The maximum atomic E-state index is 10.9. The van der Waals surface area contributed by atoms with Gasteiger partial charge in [-0.2, -0.15) is 4.98 Å². The normalized spacial score (nSPS) is 14.3. The fourth-order valence-electron chi connectivity index (χ4n) is 3.58. The fourth-order valence-corrected chi connectivity index (χ4v) is 3.58. The molecule has 1 aromatic heterocycles. The smallest absolute Gasteiger partial charge is 0.269 e. The van der Waals surface area contributed by atoms with Crippen molar-refractivity contribution in [1.82, 2.24) is 9.97 Å². The van der Waals surface area contributed by atoms with Gasteiger partial charge >= 0.3 is 0 Å². The van der Waals surface area contributed by atoms with Crippen LogP contribution in [0.15, 0.2) is 60.7 Å². The molecule has 0 saturated heterocycles. The number of non-ortho nitro benzene ring substituents is 1. The van der Waals surface area contributed by atoms with E-state index < -0.39 is 4.92 Å². The summed E-state index contributed by atoms with van der Waals surface area (Å²) in [6.45, 7) is 0. The van der Waals surface area contributed by atoms with E-state index in [1.807, 2.05) is 36.4 Å². The van der Waals surface area contributed by atoms with E-state index in [1.165, 1.54) is 31.4 Å². The fraction of sp³-hybridized carbons (Fsp3) is 0.273. The molecule has 0 radical (unpaired) electrons. The minimum Gasteiger partial charge on any atom is -0.351 e. The van der Waals surface area contributed by atoms with Crippen LogP contribution in [0.25, 0.3) is 11.3 Å². The van der Waals surface area contributed by atoms with Crippen LogP contribution in [0.3, 0.4) is 0 Å². The topological polar surface area (TPSA) is 93.0 Å². The standard InChI is InChI=1S/C22H23N5O2/c28-27(29)19-13-11-18(12-14-19)23-21-15-20(16-7-3-1-4-8-16)25-22(26-21)24-17-9-5-2-6-10-17/h1,3-4,7-8,11-15,17H,2,5-6,9-10H2,(H2,23,24,25,26). The molecular weight excluding hydrogens is 366 g/mol. The molecule has 0 atom stereocenters. The Morgan fingerprint density at radius 1 is 0.931 bits per heavy atom. The van der Waals surface area contributed by atoms with Gasteiger partial charge in [-0.05, 0) is 25.0 Å². The Morgan fingerprint density at radius 3 is 2.34 bits per heavy atom. The molecule has 29 heavy (non-hydrogen) atoms. The van der Waals surface area contributed by atoms with Crippen LogP contribution in [0, 0.1) is 10.1 Å². The zero-order valence-electron chi connectivity index (χ0n) is 16.0. The molecular formula is C22H23N5O2. The summed E-state index contributed by atoms with van der Waals surface area (Å²) >= 11 is 0. The van der Waals surface area contributed by atoms with Gasteiger partial charge in [-0.1, -0.05) is 49.6 Å². The number of nitro groups is 1. The van der Waals surface area contributed by atoms with Crippen LogP contribution in [0.5, 0.6) is 0 Å². The molecule has 7 nitrogen and oxygen atoms in total. The van der Waals surface area contributed by atoms with E-state index in [2.05, 4.69) is 15.6 Å². The first kappa shape index (κ1) is 18.9. The molecule has 7 heteroatoms. The second kappa shape index (κ2) is 8.68. The number of hydrogen-bond acceptors (Lipinski definition) is 6. The van der Waals surface area contributed by atoms with E-state index in [0.717, 1.165) is 29.8 Å². The molecule has 4 rings (SSSR count). The maximum Gasteiger partial charge on any atom is 0.269 e. The molecule has 1 aliphatic rings. The molecule has 3 aromatic rings. The van der Waals surface area contributed by atoms with Gasteiger partial charge in [-0.25, -0.2) is 4.98 Å². The van der Waals surface area contributed by atoms with Crippen molar-refractivity contribution < 1.29 is 4.92 Å². The van der Waals surface area contributed by atoms with Crippen molar-refractivity contribution in [2.75, 3.05) is 10.6 Å². The number of nitrogens with one attached hydrogen (secondary N) is 2. The third kappa shape index (κ3) is 4.87. The summed E-state index contributed by atoms with van der Waals surface area (Å²) in [7, 11) is 0. The monoisotopic (exact) mass is 389 g/mol. The highest BCUT2D eigenvalue weighted by Gasteiger charge is 2.16. The summed E-state index contributed by atoms with van der Waals surface area (Å²) in [6.07, 6.45) is 6.00. The van der Waals surface area contributed by atoms with E-state index in [0.29, 0.717) is 17.8 Å². The van der Waals surface area contributed by atoms with Crippen LogP contribution in [-0.4, -0.2) is 20.9 Å². The van der Waals surface area contributed by atoms with Crippen LogP contribution in [0.1, 0.15) is 32.1 Å². The zero-order chi connectivity index (χ0) is 20.1. The van der Waals surface area contributed by atoms with Gasteiger partial charge in [0, 0.05) is 35.5 Å². The molecule has 0 bridgehead atoms. The Labute approximate surface area is 169 Å². The molecule has 0 spiro atoms. The van der Waals surface area contributed by atoms with Crippen LogP contribution in [0.2, 0.25) is 0 Å². The third-order valence-electron chi connectivity index (χ3n) is 5.08. The summed E-state index contributed by atoms with van der Waals surface area (Å²) in [4.78, 5) is 19.8. The van der Waals surface area contributed by atoms with Gasteiger partial charge in [-0.3, -0.25) is 10.1 Å². The molecule has 1 heterocycles. The van der Waals surface area contributed by atoms with E-state index in [9.17, 15) is 10.1 Å². The van der Waals surface area contributed by atoms with Crippen molar-refractivity contribution in [3.63, 3.8) is 0 Å². The predicted octanol–water partition coefficient (Wildman–Crippen LogP) is 5.54. The first-order valence-electron chi connectivity index (χ1n) is 9.90. The van der Waals surface area contributed by atoms with Crippen molar-refractivity contribution in [2.24, 2.45) is 0 Å². The Balaban J connectivity index is 1.62. The quantitative estimate of drug-likeness (QED) is 0.425. The Bertz CT molecular complexity index is 970. The lowest BCUT2D eigenvalue weighted by Gasteiger charge is -2.23. The average molecular weight is 389 g/mol. The number of nitro benzene ring substituents is 1. The highest BCUT2D eigenvalue weighted by molar-refractivity contribution is 5.67. The molecule has 0 unspecified atom stereocenters. The average Bonchev–Trinajstić information content (AvgIpc) is 2.75. The van der Waals surface area contributed by atoms with Gasteiger partial charge < -0.3 is 10.6 Å². The summed E-state index contributed by atoms with van der Waals surface area (Å²) in [5, 5.41) is 17.6. The van der Waals surface area contributed by atoms with Crippen LogP contribution < -0.4 is 10.6 Å². The van der Waals surface area contributed by atoms with Crippen molar-refractivity contribution in [2.45, 2.75) is 38.1 Å². The summed E-state index contributed by atoms with van der Waals surface area (Å²) in [5.74, 6) is 1.24.